The third-order valence-electron chi connectivity index (χ3n) is 4.13. The second-order valence-corrected chi connectivity index (χ2v) is 6.18. The Morgan fingerprint density at radius 3 is 2.74 bits per heavy atom. The summed E-state index contributed by atoms with van der Waals surface area (Å²) >= 11 is 0. The second kappa shape index (κ2) is 5.68. The molecular formula is C16H26N2O. The maximum Gasteiger partial charge on any atom is 0.120 e. The van der Waals surface area contributed by atoms with Gasteiger partial charge in [-0.15, -0.1) is 0 Å². The van der Waals surface area contributed by atoms with Crippen molar-refractivity contribution >= 4 is 0 Å². The van der Waals surface area contributed by atoms with Crippen LogP contribution in [-0.2, 0) is 13.1 Å². The highest BCUT2D eigenvalue weighted by Gasteiger charge is 2.29. The molecule has 1 heterocycles. The summed E-state index contributed by atoms with van der Waals surface area (Å²) in [4.78, 5) is 2.58. The lowest BCUT2D eigenvalue weighted by Crippen LogP contribution is -2.26. The van der Waals surface area contributed by atoms with Gasteiger partial charge in [0, 0.05) is 12.1 Å². The minimum Gasteiger partial charge on any atom is -0.463 e. The Labute approximate surface area is 116 Å². The van der Waals surface area contributed by atoms with Crippen LogP contribution in [0.4, 0.5) is 0 Å². The predicted octanol–water partition coefficient (Wildman–Crippen LogP) is 3.21. The van der Waals surface area contributed by atoms with Gasteiger partial charge in [0.15, 0.2) is 0 Å². The molecule has 2 aliphatic rings. The number of nitrogens with zero attached hydrogens (tertiary/aromatic N) is 1. The maximum absolute atomic E-state index is 6.04. The summed E-state index contributed by atoms with van der Waals surface area (Å²) in [5.41, 5.74) is 1.30. The zero-order valence-electron chi connectivity index (χ0n) is 12.2. The minimum atomic E-state index is 0.746. The first-order valence-electron chi connectivity index (χ1n) is 7.82. The van der Waals surface area contributed by atoms with Crippen LogP contribution in [0.25, 0.3) is 0 Å². The van der Waals surface area contributed by atoms with Gasteiger partial charge in [0.2, 0.25) is 0 Å². The van der Waals surface area contributed by atoms with Crippen LogP contribution in [0, 0.1) is 6.92 Å². The van der Waals surface area contributed by atoms with E-state index >= 15 is 0 Å². The highest BCUT2D eigenvalue weighted by atomic mass is 16.3. The van der Waals surface area contributed by atoms with Crippen LogP contribution in [-0.4, -0.2) is 23.5 Å². The van der Waals surface area contributed by atoms with Crippen molar-refractivity contribution in [2.24, 2.45) is 0 Å². The van der Waals surface area contributed by atoms with E-state index in [0.717, 1.165) is 36.7 Å². The summed E-state index contributed by atoms with van der Waals surface area (Å²) in [5.74, 6) is 2.28. The average molecular weight is 262 g/mol. The van der Waals surface area contributed by atoms with E-state index in [1.54, 1.807) is 0 Å². The highest BCUT2D eigenvalue weighted by Crippen LogP contribution is 2.29. The molecule has 1 aromatic heterocycles. The van der Waals surface area contributed by atoms with Crippen molar-refractivity contribution in [1.29, 1.82) is 0 Å². The number of rotatable bonds is 8. The Kier molecular flexibility index (Phi) is 3.94. The molecule has 2 fully saturated rings. The van der Waals surface area contributed by atoms with Crippen LogP contribution in [0.15, 0.2) is 10.5 Å². The molecule has 0 aromatic carbocycles. The van der Waals surface area contributed by atoms with Gasteiger partial charge in [0.25, 0.3) is 0 Å². The van der Waals surface area contributed by atoms with Crippen molar-refractivity contribution in [3.05, 3.63) is 23.2 Å². The molecule has 3 nitrogen and oxygen atoms in total. The third kappa shape index (κ3) is 3.61. The zero-order chi connectivity index (χ0) is 13.2. The number of nitrogens with one attached hydrogen (secondary N) is 1. The summed E-state index contributed by atoms with van der Waals surface area (Å²) in [5, 5.41) is 3.53. The maximum atomic E-state index is 6.04. The number of hydrogen-bond acceptors (Lipinski definition) is 3. The van der Waals surface area contributed by atoms with Crippen molar-refractivity contribution in [3.63, 3.8) is 0 Å². The van der Waals surface area contributed by atoms with Crippen LogP contribution in [0.2, 0.25) is 0 Å². The van der Waals surface area contributed by atoms with Crippen LogP contribution >= 0.6 is 0 Å². The molecule has 3 heteroatoms. The molecule has 106 valence electrons. The molecule has 0 saturated heterocycles. The Bertz CT molecular complexity index is 418. The molecule has 3 rings (SSSR count). The van der Waals surface area contributed by atoms with E-state index in [-0.39, 0.29) is 0 Å². The van der Waals surface area contributed by atoms with Crippen molar-refractivity contribution in [1.82, 2.24) is 10.2 Å². The minimum absolute atomic E-state index is 0.746. The lowest BCUT2D eigenvalue weighted by molar-refractivity contribution is 0.231. The van der Waals surface area contributed by atoms with Gasteiger partial charge in [-0.25, -0.2) is 0 Å². The van der Waals surface area contributed by atoms with Gasteiger partial charge in [0.05, 0.1) is 13.1 Å². The summed E-state index contributed by atoms with van der Waals surface area (Å²) in [6, 6.07) is 3.80. The van der Waals surface area contributed by atoms with Crippen LogP contribution < -0.4 is 5.32 Å². The molecule has 0 radical (unpaired) electrons. The van der Waals surface area contributed by atoms with Gasteiger partial charge in [-0.2, -0.15) is 0 Å². The molecule has 2 aliphatic carbocycles. The Balaban J connectivity index is 1.58. The van der Waals surface area contributed by atoms with Crippen molar-refractivity contribution < 1.29 is 4.42 Å². The standard InChI is InChI=1S/C16H26N2O/c1-3-8-18(14-6-7-14)11-15-9-12(2)16(19-15)10-17-13-4-5-13/h9,13-14,17H,3-8,10-11H2,1-2H3. The molecule has 1 aromatic rings. The zero-order valence-corrected chi connectivity index (χ0v) is 12.2. The van der Waals surface area contributed by atoms with E-state index in [4.69, 9.17) is 4.42 Å². The summed E-state index contributed by atoms with van der Waals surface area (Å²) in [7, 11) is 0. The molecule has 0 amide bonds. The van der Waals surface area contributed by atoms with Gasteiger partial charge in [0.1, 0.15) is 11.5 Å². The molecule has 19 heavy (non-hydrogen) atoms. The highest BCUT2D eigenvalue weighted by molar-refractivity contribution is 5.20. The molecule has 2 saturated carbocycles. The number of aryl methyl sites for hydroxylation is 1. The molecule has 1 N–H and O–H groups in total. The van der Waals surface area contributed by atoms with Crippen molar-refractivity contribution in [3.8, 4) is 0 Å². The summed E-state index contributed by atoms with van der Waals surface area (Å²) in [6.07, 6.45) is 6.63. The molecule has 0 aliphatic heterocycles. The Morgan fingerprint density at radius 2 is 2.11 bits per heavy atom. The molecule has 0 atom stereocenters. The molecule has 0 spiro atoms. The van der Waals surface area contributed by atoms with Crippen LogP contribution in [0.1, 0.15) is 56.1 Å². The van der Waals surface area contributed by atoms with E-state index in [9.17, 15) is 0 Å². The summed E-state index contributed by atoms with van der Waals surface area (Å²) in [6.45, 7) is 7.50. The first-order valence-corrected chi connectivity index (χ1v) is 7.82. The summed E-state index contributed by atoms with van der Waals surface area (Å²) < 4.78 is 6.04. The van der Waals surface area contributed by atoms with Gasteiger partial charge in [-0.1, -0.05) is 6.92 Å². The largest absolute Gasteiger partial charge is 0.463 e. The van der Waals surface area contributed by atoms with Gasteiger partial charge in [-0.3, -0.25) is 4.90 Å². The lowest BCUT2D eigenvalue weighted by atomic mass is 10.2. The fraction of sp³-hybridized carbons (Fsp3) is 0.750. The fourth-order valence-electron chi connectivity index (χ4n) is 2.69. The number of hydrogen-bond donors (Lipinski definition) is 1. The van der Waals surface area contributed by atoms with Gasteiger partial charge >= 0.3 is 0 Å². The Morgan fingerprint density at radius 1 is 1.32 bits per heavy atom. The first-order chi connectivity index (χ1) is 9.26. The van der Waals surface area contributed by atoms with Gasteiger partial charge in [-0.05, 0) is 57.2 Å². The molecule has 0 unspecified atom stereocenters. The first kappa shape index (κ1) is 13.2. The normalized spacial score (nSPS) is 19.3. The quantitative estimate of drug-likeness (QED) is 0.780. The van der Waals surface area contributed by atoms with Crippen LogP contribution in [0.3, 0.4) is 0 Å². The molecular weight excluding hydrogens is 236 g/mol. The fourth-order valence-corrected chi connectivity index (χ4v) is 2.69. The van der Waals surface area contributed by atoms with E-state index in [1.807, 2.05) is 0 Å². The van der Waals surface area contributed by atoms with E-state index in [1.165, 1.54) is 44.2 Å². The average Bonchev–Trinajstić information content (AvgIpc) is 3.26. The topological polar surface area (TPSA) is 28.4 Å². The lowest BCUT2D eigenvalue weighted by Gasteiger charge is -2.19. The monoisotopic (exact) mass is 262 g/mol. The van der Waals surface area contributed by atoms with Crippen LogP contribution in [0.5, 0.6) is 0 Å². The van der Waals surface area contributed by atoms with Gasteiger partial charge < -0.3 is 9.73 Å². The smallest absolute Gasteiger partial charge is 0.120 e. The second-order valence-electron chi connectivity index (χ2n) is 6.18. The Hall–Kier alpha value is -0.800. The predicted molar refractivity (Wildman–Crippen MR) is 77.0 cm³/mol. The van der Waals surface area contributed by atoms with Crippen molar-refractivity contribution in [2.75, 3.05) is 6.54 Å². The van der Waals surface area contributed by atoms with E-state index in [0.29, 0.717) is 0 Å². The SMILES string of the molecule is CCCN(Cc1cc(C)c(CNC2CC2)o1)C1CC1. The number of furan rings is 1. The van der Waals surface area contributed by atoms with Crippen molar-refractivity contribution in [2.45, 2.75) is 71.1 Å². The molecule has 0 bridgehead atoms. The van der Waals surface area contributed by atoms with E-state index < -0.39 is 0 Å². The van der Waals surface area contributed by atoms with E-state index in [2.05, 4.69) is 30.1 Å². The third-order valence-corrected chi connectivity index (χ3v) is 4.13.